The van der Waals surface area contributed by atoms with E-state index in [1.54, 1.807) is 0 Å². The Morgan fingerprint density at radius 1 is 1.36 bits per heavy atom. The van der Waals surface area contributed by atoms with E-state index >= 15 is 0 Å². The van der Waals surface area contributed by atoms with E-state index in [-0.39, 0.29) is 0 Å². The molecule has 0 spiro atoms. The summed E-state index contributed by atoms with van der Waals surface area (Å²) in [5, 5.41) is 0. The van der Waals surface area contributed by atoms with Gasteiger partial charge < -0.3 is 0 Å². The average molecular weight is 186 g/mol. The number of rotatable bonds is 1. The van der Waals surface area contributed by atoms with Crippen molar-refractivity contribution in [1.82, 2.24) is 0 Å². The van der Waals surface area contributed by atoms with E-state index < -0.39 is 0 Å². The third-order valence-corrected chi connectivity index (χ3v) is 3.89. The first-order valence-corrected chi connectivity index (χ1v) is 5.44. The van der Waals surface area contributed by atoms with Gasteiger partial charge in [-0.15, -0.1) is 0 Å². The monoisotopic (exact) mass is 186 g/mol. The molecule has 2 aliphatic carbocycles. The average Bonchev–Trinajstić information content (AvgIpc) is 2.55. The molecule has 3 unspecified atom stereocenters. The molecule has 1 fully saturated rings. The van der Waals surface area contributed by atoms with Crippen LogP contribution >= 0.6 is 0 Å². The van der Waals surface area contributed by atoms with E-state index in [1.807, 2.05) is 0 Å². The molecule has 0 radical (unpaired) electrons. The summed E-state index contributed by atoms with van der Waals surface area (Å²) in [4.78, 5) is 11.7. The van der Waals surface area contributed by atoms with Crippen LogP contribution in [0.1, 0.15) is 30.4 Å². The Morgan fingerprint density at radius 2 is 2.14 bits per heavy atom. The highest BCUT2D eigenvalue weighted by molar-refractivity contribution is 5.93. The molecule has 0 N–H and O–H groups in total. The predicted octanol–water partition coefficient (Wildman–Crippen LogP) is 2.55. The Morgan fingerprint density at radius 3 is 2.93 bits per heavy atom. The Labute approximate surface area is 84.1 Å². The van der Waals surface area contributed by atoms with Crippen LogP contribution in [0.2, 0.25) is 0 Å². The first kappa shape index (κ1) is 8.22. The van der Waals surface area contributed by atoms with Crippen LogP contribution in [0.3, 0.4) is 0 Å². The van der Waals surface area contributed by atoms with Crippen molar-refractivity contribution in [2.75, 3.05) is 0 Å². The lowest BCUT2D eigenvalue weighted by Crippen LogP contribution is -2.43. The van der Waals surface area contributed by atoms with Crippen molar-refractivity contribution in [1.29, 1.82) is 0 Å². The third-order valence-electron chi connectivity index (χ3n) is 3.89. The minimum atomic E-state index is 0.323. The van der Waals surface area contributed by atoms with E-state index in [0.29, 0.717) is 23.5 Å². The topological polar surface area (TPSA) is 17.1 Å². The lowest BCUT2D eigenvalue weighted by Gasteiger charge is -2.38. The van der Waals surface area contributed by atoms with Gasteiger partial charge >= 0.3 is 0 Å². The molecule has 72 valence electrons. The fourth-order valence-corrected chi connectivity index (χ4v) is 3.19. The SMILES string of the molecule is CCC1C(=O)C2Cc3ccccc3C12. The molecule has 0 aromatic heterocycles. The van der Waals surface area contributed by atoms with Crippen LogP contribution in [0, 0.1) is 11.8 Å². The first-order valence-electron chi connectivity index (χ1n) is 5.44. The zero-order chi connectivity index (χ0) is 9.71. The smallest absolute Gasteiger partial charge is 0.140 e. The normalized spacial score (nSPS) is 33.5. The lowest BCUT2D eigenvalue weighted by molar-refractivity contribution is -0.137. The molecular weight excluding hydrogens is 172 g/mol. The molecule has 1 aromatic rings. The van der Waals surface area contributed by atoms with Gasteiger partial charge in [0, 0.05) is 17.8 Å². The third kappa shape index (κ3) is 0.827. The molecule has 1 saturated carbocycles. The lowest BCUT2D eigenvalue weighted by atomic mass is 9.63. The molecule has 3 atom stereocenters. The molecule has 0 saturated heterocycles. The summed E-state index contributed by atoms with van der Waals surface area (Å²) in [7, 11) is 0. The standard InChI is InChI=1S/C13H14O/c1-2-9-12-10-6-4-3-5-8(10)7-11(12)13(9)14/h3-6,9,11-12H,2,7H2,1H3. The van der Waals surface area contributed by atoms with E-state index in [2.05, 4.69) is 31.2 Å². The van der Waals surface area contributed by atoms with Gasteiger partial charge in [0.05, 0.1) is 0 Å². The van der Waals surface area contributed by atoms with Crippen LogP contribution in [0.4, 0.5) is 0 Å². The molecule has 1 nitrogen and oxygen atoms in total. The molecule has 1 heteroatoms. The van der Waals surface area contributed by atoms with E-state index in [1.165, 1.54) is 11.1 Å². The Kier molecular flexibility index (Phi) is 1.58. The number of fused-ring (bicyclic) bond motifs is 3. The maximum atomic E-state index is 11.7. The summed E-state index contributed by atoms with van der Waals surface area (Å²) < 4.78 is 0. The van der Waals surface area contributed by atoms with Crippen molar-refractivity contribution in [3.05, 3.63) is 35.4 Å². The van der Waals surface area contributed by atoms with Gasteiger partial charge in [0.25, 0.3) is 0 Å². The Balaban J connectivity index is 2.03. The van der Waals surface area contributed by atoms with Crippen molar-refractivity contribution in [2.45, 2.75) is 25.7 Å². The van der Waals surface area contributed by atoms with Crippen LogP contribution in [0.15, 0.2) is 24.3 Å². The molecule has 2 aliphatic rings. The second kappa shape index (κ2) is 2.69. The molecular formula is C13H14O. The highest BCUT2D eigenvalue weighted by Crippen LogP contribution is 2.53. The van der Waals surface area contributed by atoms with Gasteiger partial charge in [0.1, 0.15) is 5.78 Å². The second-order valence-corrected chi connectivity index (χ2v) is 4.45. The van der Waals surface area contributed by atoms with Gasteiger partial charge in [-0.05, 0) is 24.0 Å². The summed E-state index contributed by atoms with van der Waals surface area (Å²) in [6.07, 6.45) is 2.00. The van der Waals surface area contributed by atoms with Gasteiger partial charge in [-0.3, -0.25) is 4.79 Å². The fraction of sp³-hybridized carbons (Fsp3) is 0.462. The number of benzene rings is 1. The number of carbonyl (C=O) groups is 1. The predicted molar refractivity (Wildman–Crippen MR) is 55.2 cm³/mol. The Hall–Kier alpha value is -1.11. The van der Waals surface area contributed by atoms with Crippen LogP contribution in [0.25, 0.3) is 0 Å². The maximum Gasteiger partial charge on any atom is 0.140 e. The number of hydrogen-bond acceptors (Lipinski definition) is 1. The highest BCUT2D eigenvalue weighted by Gasteiger charge is 2.52. The largest absolute Gasteiger partial charge is 0.299 e. The van der Waals surface area contributed by atoms with Crippen molar-refractivity contribution in [3.63, 3.8) is 0 Å². The fourth-order valence-electron chi connectivity index (χ4n) is 3.19. The summed E-state index contributed by atoms with van der Waals surface area (Å²) in [5.41, 5.74) is 2.86. The number of hydrogen-bond donors (Lipinski definition) is 0. The number of carbonyl (C=O) groups excluding carboxylic acids is 1. The van der Waals surface area contributed by atoms with E-state index in [0.717, 1.165) is 12.8 Å². The highest BCUT2D eigenvalue weighted by atomic mass is 16.1. The van der Waals surface area contributed by atoms with Crippen molar-refractivity contribution < 1.29 is 4.79 Å². The number of Topliss-reactive ketones (excluding diaryl/α,β-unsaturated/α-hetero) is 1. The van der Waals surface area contributed by atoms with Crippen molar-refractivity contribution in [3.8, 4) is 0 Å². The maximum absolute atomic E-state index is 11.7. The van der Waals surface area contributed by atoms with Gasteiger partial charge in [0.2, 0.25) is 0 Å². The van der Waals surface area contributed by atoms with Gasteiger partial charge in [-0.2, -0.15) is 0 Å². The molecule has 0 aliphatic heterocycles. The molecule has 0 amide bonds. The zero-order valence-corrected chi connectivity index (χ0v) is 8.36. The first-order chi connectivity index (χ1) is 6.83. The van der Waals surface area contributed by atoms with Crippen LogP contribution in [-0.2, 0) is 11.2 Å². The zero-order valence-electron chi connectivity index (χ0n) is 8.36. The van der Waals surface area contributed by atoms with Crippen LogP contribution in [-0.4, -0.2) is 5.78 Å². The summed E-state index contributed by atoms with van der Waals surface area (Å²) in [5.74, 6) is 1.72. The van der Waals surface area contributed by atoms with Crippen molar-refractivity contribution >= 4 is 5.78 Å². The van der Waals surface area contributed by atoms with Crippen LogP contribution in [0.5, 0.6) is 0 Å². The van der Waals surface area contributed by atoms with Gasteiger partial charge in [0.15, 0.2) is 0 Å². The van der Waals surface area contributed by atoms with Crippen LogP contribution < -0.4 is 0 Å². The molecule has 14 heavy (non-hydrogen) atoms. The minimum absolute atomic E-state index is 0.323. The molecule has 1 aromatic carbocycles. The molecule has 0 bridgehead atoms. The minimum Gasteiger partial charge on any atom is -0.299 e. The second-order valence-electron chi connectivity index (χ2n) is 4.45. The number of ketones is 1. The van der Waals surface area contributed by atoms with Gasteiger partial charge in [-0.25, -0.2) is 0 Å². The van der Waals surface area contributed by atoms with E-state index in [4.69, 9.17) is 0 Å². The van der Waals surface area contributed by atoms with Crippen molar-refractivity contribution in [2.24, 2.45) is 11.8 Å². The summed E-state index contributed by atoms with van der Waals surface area (Å²) in [6.45, 7) is 2.12. The van der Waals surface area contributed by atoms with E-state index in [9.17, 15) is 4.79 Å². The summed E-state index contributed by atoms with van der Waals surface area (Å²) in [6, 6.07) is 8.55. The molecule has 0 heterocycles. The van der Waals surface area contributed by atoms with Gasteiger partial charge in [-0.1, -0.05) is 31.2 Å². The Bertz CT molecular complexity index is 386. The quantitative estimate of drug-likeness (QED) is 0.658. The molecule has 3 rings (SSSR count). The summed E-state index contributed by atoms with van der Waals surface area (Å²) >= 11 is 0.